The van der Waals surface area contributed by atoms with Gasteiger partial charge in [0.15, 0.2) is 0 Å². The van der Waals surface area contributed by atoms with Gasteiger partial charge in [-0.25, -0.2) is 0 Å². The van der Waals surface area contributed by atoms with Crippen LogP contribution in [-0.4, -0.2) is 23.4 Å². The van der Waals surface area contributed by atoms with E-state index in [1.165, 1.54) is 0 Å². The summed E-state index contributed by atoms with van der Waals surface area (Å²) in [6.07, 6.45) is 2.07. The summed E-state index contributed by atoms with van der Waals surface area (Å²) in [6.45, 7) is 0.628. The van der Waals surface area contributed by atoms with Gasteiger partial charge in [-0.3, -0.25) is 14.6 Å². The van der Waals surface area contributed by atoms with Crippen molar-refractivity contribution in [3.8, 4) is 0 Å². The first-order valence-corrected chi connectivity index (χ1v) is 7.10. The van der Waals surface area contributed by atoms with E-state index in [4.69, 9.17) is 4.74 Å². The van der Waals surface area contributed by atoms with E-state index in [0.29, 0.717) is 13.0 Å². The van der Waals surface area contributed by atoms with Crippen LogP contribution in [0.4, 0.5) is 0 Å². The molecule has 0 fully saturated rings. The lowest BCUT2D eigenvalue weighted by atomic mass is 10.2. The summed E-state index contributed by atoms with van der Waals surface area (Å²) >= 11 is 0. The molecule has 1 aromatic heterocycles. The second-order valence-corrected chi connectivity index (χ2v) is 4.74. The molecule has 22 heavy (non-hydrogen) atoms. The number of esters is 1. The molecule has 0 unspecified atom stereocenters. The average Bonchev–Trinajstić information content (AvgIpc) is 2.55. The molecule has 0 aliphatic heterocycles. The van der Waals surface area contributed by atoms with Crippen LogP contribution in [0.5, 0.6) is 0 Å². The van der Waals surface area contributed by atoms with Gasteiger partial charge in [-0.05, 0) is 17.7 Å². The lowest BCUT2D eigenvalue weighted by molar-refractivity contribution is -0.147. The molecule has 114 valence electrons. The third-order valence-electron chi connectivity index (χ3n) is 2.98. The van der Waals surface area contributed by atoms with Crippen LogP contribution in [0.25, 0.3) is 0 Å². The van der Waals surface area contributed by atoms with Crippen LogP contribution in [0.3, 0.4) is 0 Å². The smallest absolute Gasteiger partial charge is 0.315 e. The molecule has 1 N–H and O–H groups in total. The molecule has 5 nitrogen and oxygen atoms in total. The molecule has 0 saturated heterocycles. The maximum atomic E-state index is 11.6. The number of carbonyl (C=O) groups excluding carboxylic acids is 2. The molecule has 5 heteroatoms. The lowest BCUT2D eigenvalue weighted by Crippen LogP contribution is -2.28. The predicted octanol–water partition coefficient (Wildman–Crippen LogP) is 1.87. The minimum atomic E-state index is -0.529. The normalized spacial score (nSPS) is 10.0. The van der Waals surface area contributed by atoms with Crippen molar-refractivity contribution < 1.29 is 14.3 Å². The highest BCUT2D eigenvalue weighted by Crippen LogP contribution is 2.01. The van der Waals surface area contributed by atoms with Crippen molar-refractivity contribution in [2.45, 2.75) is 19.4 Å². The molecule has 0 atom stereocenters. The van der Waals surface area contributed by atoms with E-state index in [-0.39, 0.29) is 18.9 Å². The van der Waals surface area contributed by atoms with Crippen LogP contribution in [0.15, 0.2) is 54.7 Å². The first kappa shape index (κ1) is 15.7. The Hall–Kier alpha value is -2.69. The standard InChI is InChI=1S/C17H18N2O3/c20-16(19-11-9-15-8-4-5-10-18-15)12-17(21)22-13-14-6-2-1-3-7-14/h1-8,10H,9,11-13H2,(H,19,20). The van der Waals surface area contributed by atoms with Crippen LogP contribution < -0.4 is 5.32 Å². The largest absolute Gasteiger partial charge is 0.460 e. The summed E-state index contributed by atoms with van der Waals surface area (Å²) in [5.74, 6) is -0.867. The first-order chi connectivity index (χ1) is 10.7. The number of amides is 1. The minimum Gasteiger partial charge on any atom is -0.460 e. The van der Waals surface area contributed by atoms with E-state index in [0.717, 1.165) is 11.3 Å². The van der Waals surface area contributed by atoms with Crippen LogP contribution in [0.2, 0.25) is 0 Å². The number of hydrogen-bond acceptors (Lipinski definition) is 4. The Morgan fingerprint density at radius 2 is 1.82 bits per heavy atom. The zero-order valence-corrected chi connectivity index (χ0v) is 12.2. The molecule has 0 aliphatic rings. The number of rotatable bonds is 7. The summed E-state index contributed by atoms with van der Waals surface area (Å²) in [5, 5.41) is 2.68. The van der Waals surface area contributed by atoms with E-state index in [2.05, 4.69) is 10.3 Å². The Balaban J connectivity index is 1.63. The topological polar surface area (TPSA) is 68.3 Å². The summed E-state index contributed by atoms with van der Waals surface area (Å²) in [6, 6.07) is 15.0. The molecule has 2 rings (SSSR count). The quantitative estimate of drug-likeness (QED) is 0.626. The third-order valence-corrected chi connectivity index (χ3v) is 2.98. The molecular formula is C17H18N2O3. The molecule has 0 aliphatic carbocycles. The van der Waals surface area contributed by atoms with Gasteiger partial charge in [0.2, 0.25) is 5.91 Å². The van der Waals surface area contributed by atoms with Gasteiger partial charge in [-0.15, -0.1) is 0 Å². The van der Waals surface area contributed by atoms with Crippen LogP contribution >= 0.6 is 0 Å². The van der Waals surface area contributed by atoms with Crippen molar-refractivity contribution in [3.05, 3.63) is 66.0 Å². The second-order valence-electron chi connectivity index (χ2n) is 4.74. The van der Waals surface area contributed by atoms with E-state index < -0.39 is 5.97 Å². The SMILES string of the molecule is O=C(CC(=O)OCc1ccccc1)NCCc1ccccn1. The van der Waals surface area contributed by atoms with E-state index in [9.17, 15) is 9.59 Å². The highest BCUT2D eigenvalue weighted by atomic mass is 16.5. The molecule has 0 spiro atoms. The first-order valence-electron chi connectivity index (χ1n) is 7.10. The Bertz CT molecular complexity index is 600. The monoisotopic (exact) mass is 298 g/mol. The maximum absolute atomic E-state index is 11.6. The van der Waals surface area contributed by atoms with Crippen molar-refractivity contribution in [2.24, 2.45) is 0 Å². The Morgan fingerprint density at radius 3 is 2.55 bits per heavy atom. The summed E-state index contributed by atoms with van der Waals surface area (Å²) in [7, 11) is 0. The Morgan fingerprint density at radius 1 is 1.05 bits per heavy atom. The summed E-state index contributed by atoms with van der Waals surface area (Å²) < 4.78 is 5.05. The predicted molar refractivity (Wildman–Crippen MR) is 81.8 cm³/mol. The summed E-state index contributed by atoms with van der Waals surface area (Å²) in [5.41, 5.74) is 1.79. The minimum absolute atomic E-state index is 0.181. The summed E-state index contributed by atoms with van der Waals surface area (Å²) in [4.78, 5) is 27.3. The Labute approximate surface area is 129 Å². The van der Waals surface area contributed by atoms with Crippen LogP contribution in [0.1, 0.15) is 17.7 Å². The third kappa shape index (κ3) is 5.75. The second kappa shape index (κ2) is 8.56. The van der Waals surface area contributed by atoms with Crippen molar-refractivity contribution in [2.75, 3.05) is 6.54 Å². The van der Waals surface area contributed by atoms with Crippen LogP contribution in [0, 0.1) is 0 Å². The lowest BCUT2D eigenvalue weighted by Gasteiger charge is -2.06. The maximum Gasteiger partial charge on any atom is 0.315 e. The van der Waals surface area contributed by atoms with Crippen LogP contribution in [-0.2, 0) is 27.4 Å². The molecule has 1 heterocycles. The highest BCUT2D eigenvalue weighted by molar-refractivity contribution is 5.94. The Kier molecular flexibility index (Phi) is 6.11. The van der Waals surface area contributed by atoms with Gasteiger partial charge in [-0.2, -0.15) is 0 Å². The van der Waals surface area contributed by atoms with E-state index in [1.54, 1.807) is 6.20 Å². The molecule has 1 aromatic carbocycles. The zero-order valence-electron chi connectivity index (χ0n) is 12.2. The number of nitrogens with one attached hydrogen (secondary N) is 1. The fourth-order valence-electron chi connectivity index (χ4n) is 1.86. The van der Waals surface area contributed by atoms with Crippen molar-refractivity contribution >= 4 is 11.9 Å². The van der Waals surface area contributed by atoms with Gasteiger partial charge in [0, 0.05) is 24.9 Å². The molecule has 2 aromatic rings. The van der Waals surface area contributed by atoms with Gasteiger partial charge in [0.1, 0.15) is 13.0 Å². The fraction of sp³-hybridized carbons (Fsp3) is 0.235. The fourth-order valence-corrected chi connectivity index (χ4v) is 1.86. The average molecular weight is 298 g/mol. The van der Waals surface area contributed by atoms with Gasteiger partial charge in [-0.1, -0.05) is 36.4 Å². The number of hydrogen-bond donors (Lipinski definition) is 1. The number of benzene rings is 1. The number of pyridine rings is 1. The number of ether oxygens (including phenoxy) is 1. The van der Waals surface area contributed by atoms with E-state index in [1.807, 2.05) is 48.5 Å². The number of carbonyl (C=O) groups is 2. The van der Waals surface area contributed by atoms with Crippen molar-refractivity contribution in [1.29, 1.82) is 0 Å². The molecule has 1 amide bonds. The van der Waals surface area contributed by atoms with Crippen molar-refractivity contribution in [1.82, 2.24) is 10.3 Å². The number of nitrogens with zero attached hydrogens (tertiary/aromatic N) is 1. The van der Waals surface area contributed by atoms with Crippen molar-refractivity contribution in [3.63, 3.8) is 0 Å². The molecule has 0 saturated carbocycles. The molecule has 0 bridgehead atoms. The van der Waals surface area contributed by atoms with Gasteiger partial charge in [0.05, 0.1) is 0 Å². The molecule has 0 radical (unpaired) electrons. The number of aromatic nitrogens is 1. The van der Waals surface area contributed by atoms with E-state index >= 15 is 0 Å². The van der Waals surface area contributed by atoms with Gasteiger partial charge >= 0.3 is 5.97 Å². The molecular weight excluding hydrogens is 280 g/mol. The van der Waals surface area contributed by atoms with Gasteiger partial charge < -0.3 is 10.1 Å². The highest BCUT2D eigenvalue weighted by Gasteiger charge is 2.10. The van der Waals surface area contributed by atoms with Gasteiger partial charge in [0.25, 0.3) is 0 Å². The zero-order chi connectivity index (χ0) is 15.6.